The van der Waals surface area contributed by atoms with Gasteiger partial charge in [0.05, 0.1) is 15.6 Å². The molecule has 1 amide bonds. The second-order valence-corrected chi connectivity index (χ2v) is 6.73. The number of nitrogens with zero attached hydrogens (tertiary/aromatic N) is 1. The largest absolute Gasteiger partial charge is 0.399 e. The molecule has 0 aromatic heterocycles. The summed E-state index contributed by atoms with van der Waals surface area (Å²) in [6.45, 7) is 5.56. The maximum atomic E-state index is 12.2. The van der Waals surface area contributed by atoms with Gasteiger partial charge in [0.1, 0.15) is 0 Å². The molecule has 1 aromatic carbocycles. The van der Waals surface area contributed by atoms with Gasteiger partial charge in [-0.1, -0.05) is 37.0 Å². The Kier molecular flexibility index (Phi) is 5.68. The summed E-state index contributed by atoms with van der Waals surface area (Å²) >= 11 is 12.0. The molecule has 0 aliphatic carbocycles. The summed E-state index contributed by atoms with van der Waals surface area (Å²) in [5.74, 6) is -0.268. The lowest BCUT2D eigenvalue weighted by Crippen LogP contribution is -2.40. The highest BCUT2D eigenvalue weighted by atomic mass is 35.5. The quantitative estimate of drug-likeness (QED) is 0.821. The Hall–Kier alpha value is -0.970. The van der Waals surface area contributed by atoms with Crippen LogP contribution in [0.2, 0.25) is 10.0 Å². The first kappa shape index (κ1) is 17.1. The van der Waals surface area contributed by atoms with Gasteiger partial charge in [-0.15, -0.1) is 0 Å². The zero-order valence-electron chi connectivity index (χ0n) is 12.3. The molecule has 0 saturated heterocycles. The number of carbonyl (C=O) groups is 1. The maximum absolute atomic E-state index is 12.2. The fourth-order valence-electron chi connectivity index (χ4n) is 2.10. The summed E-state index contributed by atoms with van der Waals surface area (Å²) in [6, 6.07) is 3.05. The number of nitrogens with one attached hydrogen (secondary N) is 1. The molecule has 0 spiro atoms. The van der Waals surface area contributed by atoms with E-state index < -0.39 is 0 Å². The van der Waals surface area contributed by atoms with E-state index in [1.54, 1.807) is 0 Å². The van der Waals surface area contributed by atoms with E-state index >= 15 is 0 Å². The zero-order valence-corrected chi connectivity index (χ0v) is 13.8. The van der Waals surface area contributed by atoms with Crippen molar-refractivity contribution in [3.8, 4) is 0 Å². The summed E-state index contributed by atoms with van der Waals surface area (Å²) in [4.78, 5) is 14.3. The Labute approximate surface area is 130 Å². The predicted octanol–water partition coefficient (Wildman–Crippen LogP) is 2.89. The van der Waals surface area contributed by atoms with Gasteiger partial charge in [-0.2, -0.15) is 0 Å². The third kappa shape index (κ3) is 4.85. The highest BCUT2D eigenvalue weighted by molar-refractivity contribution is 6.44. The molecule has 6 heteroatoms. The first-order chi connectivity index (χ1) is 9.12. The zero-order chi connectivity index (χ0) is 15.5. The van der Waals surface area contributed by atoms with Crippen LogP contribution in [0.5, 0.6) is 0 Å². The number of anilines is 1. The minimum atomic E-state index is -0.268. The van der Waals surface area contributed by atoms with E-state index in [2.05, 4.69) is 24.1 Å². The first-order valence-electron chi connectivity index (χ1n) is 6.30. The molecule has 0 fully saturated rings. The van der Waals surface area contributed by atoms with Crippen LogP contribution in [0.25, 0.3) is 0 Å². The van der Waals surface area contributed by atoms with Gasteiger partial charge >= 0.3 is 0 Å². The van der Waals surface area contributed by atoms with Crippen molar-refractivity contribution in [1.29, 1.82) is 0 Å². The molecule has 0 unspecified atom stereocenters. The molecule has 112 valence electrons. The number of halogens is 2. The van der Waals surface area contributed by atoms with Crippen LogP contribution in [0.15, 0.2) is 12.1 Å². The predicted molar refractivity (Wildman–Crippen MR) is 85.5 cm³/mol. The molecule has 0 aliphatic rings. The Morgan fingerprint density at radius 2 is 1.95 bits per heavy atom. The van der Waals surface area contributed by atoms with Crippen LogP contribution in [0.4, 0.5) is 5.69 Å². The van der Waals surface area contributed by atoms with Gasteiger partial charge in [0.15, 0.2) is 0 Å². The number of hydrogen-bond donors (Lipinski definition) is 2. The number of benzene rings is 1. The van der Waals surface area contributed by atoms with Crippen molar-refractivity contribution in [2.75, 3.05) is 32.9 Å². The third-order valence-corrected chi connectivity index (χ3v) is 3.57. The van der Waals surface area contributed by atoms with Crippen molar-refractivity contribution < 1.29 is 4.79 Å². The molecular weight excluding hydrogens is 297 g/mol. The van der Waals surface area contributed by atoms with Crippen LogP contribution in [-0.4, -0.2) is 38.0 Å². The Morgan fingerprint density at radius 3 is 2.50 bits per heavy atom. The molecule has 0 heterocycles. The number of nitrogens with two attached hydrogens (primary N) is 1. The molecule has 4 nitrogen and oxygen atoms in total. The highest BCUT2D eigenvalue weighted by Crippen LogP contribution is 2.28. The Morgan fingerprint density at radius 1 is 1.35 bits per heavy atom. The third-order valence-electron chi connectivity index (χ3n) is 2.77. The van der Waals surface area contributed by atoms with Crippen LogP contribution >= 0.6 is 23.2 Å². The van der Waals surface area contributed by atoms with E-state index in [-0.39, 0.29) is 21.4 Å². The van der Waals surface area contributed by atoms with Crippen LogP contribution < -0.4 is 11.1 Å². The topological polar surface area (TPSA) is 58.4 Å². The maximum Gasteiger partial charge on any atom is 0.252 e. The summed E-state index contributed by atoms with van der Waals surface area (Å²) in [7, 11) is 4.00. The van der Waals surface area contributed by atoms with Crippen molar-refractivity contribution in [2.24, 2.45) is 5.41 Å². The first-order valence-corrected chi connectivity index (χ1v) is 7.05. The van der Waals surface area contributed by atoms with E-state index in [0.29, 0.717) is 17.8 Å². The molecule has 20 heavy (non-hydrogen) atoms. The lowest BCUT2D eigenvalue weighted by molar-refractivity contribution is 0.0929. The smallest absolute Gasteiger partial charge is 0.252 e. The number of amides is 1. The highest BCUT2D eigenvalue weighted by Gasteiger charge is 2.21. The number of rotatable bonds is 5. The SMILES string of the molecule is CN(C)CC(C)(C)CNC(=O)c1cc(N)cc(Cl)c1Cl. The summed E-state index contributed by atoms with van der Waals surface area (Å²) in [6.07, 6.45) is 0. The molecule has 0 saturated carbocycles. The molecular formula is C14H21Cl2N3O. The van der Waals surface area contributed by atoms with E-state index in [4.69, 9.17) is 28.9 Å². The summed E-state index contributed by atoms with van der Waals surface area (Å²) in [5.41, 5.74) is 6.36. The van der Waals surface area contributed by atoms with Gasteiger partial charge in [-0.3, -0.25) is 4.79 Å². The van der Waals surface area contributed by atoms with Crippen molar-refractivity contribution in [2.45, 2.75) is 13.8 Å². The monoisotopic (exact) mass is 317 g/mol. The van der Waals surface area contributed by atoms with E-state index in [1.807, 2.05) is 14.1 Å². The molecule has 3 N–H and O–H groups in total. The summed E-state index contributed by atoms with van der Waals surface area (Å²) < 4.78 is 0. The van der Waals surface area contributed by atoms with Crippen molar-refractivity contribution in [1.82, 2.24) is 10.2 Å². The molecule has 0 bridgehead atoms. The lowest BCUT2D eigenvalue weighted by Gasteiger charge is -2.28. The average molecular weight is 318 g/mol. The second kappa shape index (κ2) is 6.66. The molecule has 1 aromatic rings. The van der Waals surface area contributed by atoms with Crippen molar-refractivity contribution in [3.63, 3.8) is 0 Å². The summed E-state index contributed by atoms with van der Waals surface area (Å²) in [5, 5.41) is 3.38. The second-order valence-electron chi connectivity index (χ2n) is 5.95. The van der Waals surface area contributed by atoms with E-state index in [9.17, 15) is 4.79 Å². The Bertz CT molecular complexity index is 501. The van der Waals surface area contributed by atoms with Gasteiger partial charge in [0.25, 0.3) is 5.91 Å². The fraction of sp³-hybridized carbons (Fsp3) is 0.500. The molecule has 0 aliphatic heterocycles. The van der Waals surface area contributed by atoms with E-state index in [1.165, 1.54) is 12.1 Å². The van der Waals surface area contributed by atoms with Crippen LogP contribution in [0, 0.1) is 5.41 Å². The van der Waals surface area contributed by atoms with Gasteiger partial charge in [0, 0.05) is 18.8 Å². The minimum Gasteiger partial charge on any atom is -0.399 e. The molecule has 1 rings (SSSR count). The minimum absolute atomic E-state index is 0.0459. The van der Waals surface area contributed by atoms with Gasteiger partial charge in [-0.25, -0.2) is 0 Å². The lowest BCUT2D eigenvalue weighted by atomic mass is 9.93. The molecule has 0 atom stereocenters. The fourth-order valence-corrected chi connectivity index (χ4v) is 2.52. The Balaban J connectivity index is 2.78. The normalized spacial score (nSPS) is 11.8. The van der Waals surface area contributed by atoms with Gasteiger partial charge < -0.3 is 16.0 Å². The van der Waals surface area contributed by atoms with Crippen molar-refractivity contribution >= 4 is 34.8 Å². The van der Waals surface area contributed by atoms with Crippen LogP contribution in [0.1, 0.15) is 24.2 Å². The van der Waals surface area contributed by atoms with Gasteiger partial charge in [0.2, 0.25) is 0 Å². The molecule has 0 radical (unpaired) electrons. The van der Waals surface area contributed by atoms with Crippen molar-refractivity contribution in [3.05, 3.63) is 27.7 Å². The number of carbonyl (C=O) groups excluding carboxylic acids is 1. The van der Waals surface area contributed by atoms with Gasteiger partial charge in [-0.05, 0) is 31.6 Å². The van der Waals surface area contributed by atoms with Crippen LogP contribution in [0.3, 0.4) is 0 Å². The van der Waals surface area contributed by atoms with Crippen LogP contribution in [-0.2, 0) is 0 Å². The average Bonchev–Trinajstić information content (AvgIpc) is 2.29. The van der Waals surface area contributed by atoms with E-state index in [0.717, 1.165) is 6.54 Å². The number of nitrogen functional groups attached to an aromatic ring is 1. The number of hydrogen-bond acceptors (Lipinski definition) is 3. The standard InChI is InChI=1S/C14H21Cl2N3O/c1-14(2,8-19(3)4)7-18-13(20)10-5-9(17)6-11(15)12(10)16/h5-6H,7-8,17H2,1-4H3,(H,18,20).